The van der Waals surface area contributed by atoms with Gasteiger partial charge in [0.25, 0.3) is 0 Å². The number of rotatable bonds is 4. The normalized spacial score (nSPS) is 28.3. The van der Waals surface area contributed by atoms with Crippen LogP contribution < -0.4 is 4.74 Å². The summed E-state index contributed by atoms with van der Waals surface area (Å²) >= 11 is 3.72. The second-order valence-corrected chi connectivity index (χ2v) is 6.45. The zero-order valence-electron chi connectivity index (χ0n) is 10.6. The van der Waals surface area contributed by atoms with Crippen molar-refractivity contribution >= 4 is 15.9 Å². The Bertz CT molecular complexity index is 382. The maximum atomic E-state index is 5.65. The molecule has 0 spiro atoms. The van der Waals surface area contributed by atoms with Gasteiger partial charge in [0.2, 0.25) is 0 Å². The fraction of sp³-hybridized carbons (Fsp3) is 0.643. The van der Waals surface area contributed by atoms with Gasteiger partial charge in [0, 0.05) is 11.0 Å². The van der Waals surface area contributed by atoms with E-state index in [1.165, 1.54) is 24.8 Å². The average Bonchev–Trinajstić information content (AvgIpc) is 2.68. The van der Waals surface area contributed by atoms with Gasteiger partial charge in [0.05, 0.1) is 12.8 Å². The number of hydrogen-bond donors (Lipinski definition) is 0. The lowest BCUT2D eigenvalue weighted by molar-refractivity contribution is 0.314. The molecule has 0 amide bonds. The Balaban J connectivity index is 2.15. The largest absolute Gasteiger partial charge is 0.492 e. The van der Waals surface area contributed by atoms with Crippen LogP contribution >= 0.6 is 15.9 Å². The van der Waals surface area contributed by atoms with Gasteiger partial charge in [-0.15, -0.1) is 0 Å². The highest BCUT2D eigenvalue weighted by atomic mass is 79.9. The van der Waals surface area contributed by atoms with Crippen LogP contribution in [0.15, 0.2) is 18.5 Å². The number of aromatic nitrogens is 1. The lowest BCUT2D eigenvalue weighted by atomic mass is 9.82. The number of halogens is 1. The number of alkyl halides is 1. The Hall–Kier alpha value is -0.570. The van der Waals surface area contributed by atoms with Crippen LogP contribution in [0.25, 0.3) is 0 Å². The van der Waals surface area contributed by atoms with Crippen molar-refractivity contribution in [2.45, 2.75) is 49.8 Å². The minimum absolute atomic E-state index is 0.257. The smallest absolute Gasteiger partial charge is 0.137 e. The molecule has 1 heterocycles. The Kier molecular flexibility index (Phi) is 4.08. The molecule has 2 unspecified atom stereocenters. The van der Waals surface area contributed by atoms with Gasteiger partial charge in [-0.2, -0.15) is 0 Å². The number of pyridine rings is 1. The lowest BCUT2D eigenvalue weighted by Gasteiger charge is -2.24. The van der Waals surface area contributed by atoms with E-state index in [4.69, 9.17) is 4.74 Å². The third-order valence-electron chi connectivity index (χ3n) is 3.56. The first-order valence-electron chi connectivity index (χ1n) is 6.36. The molecule has 0 radical (unpaired) electrons. The van der Waals surface area contributed by atoms with Crippen LogP contribution in [-0.4, -0.2) is 16.4 Å². The number of hydrogen-bond acceptors (Lipinski definition) is 2. The topological polar surface area (TPSA) is 22.1 Å². The van der Waals surface area contributed by atoms with Crippen molar-refractivity contribution in [1.82, 2.24) is 4.98 Å². The summed E-state index contributed by atoms with van der Waals surface area (Å²) in [4.78, 5) is 4.96. The predicted molar refractivity (Wildman–Crippen MR) is 73.9 cm³/mol. The molecular weight excluding hydrogens is 278 g/mol. The van der Waals surface area contributed by atoms with Gasteiger partial charge in [-0.3, -0.25) is 4.98 Å². The Morgan fingerprint density at radius 3 is 3.00 bits per heavy atom. The third-order valence-corrected chi connectivity index (χ3v) is 4.35. The maximum absolute atomic E-state index is 5.65. The molecule has 17 heavy (non-hydrogen) atoms. The Morgan fingerprint density at radius 1 is 1.53 bits per heavy atom. The van der Waals surface area contributed by atoms with Crippen LogP contribution in [0.5, 0.6) is 5.75 Å². The molecule has 1 saturated carbocycles. The second kappa shape index (κ2) is 5.38. The molecule has 1 aromatic rings. The standard InChI is InChI=1S/C14H20BrNO/c1-3-6-17-13-7-11(9-16-10-13)14(2)5-4-12(15)8-14/h7,9-10,12H,3-6,8H2,1-2H3. The molecule has 0 bridgehead atoms. The quantitative estimate of drug-likeness (QED) is 0.782. The molecule has 1 aliphatic carbocycles. The van der Waals surface area contributed by atoms with E-state index >= 15 is 0 Å². The van der Waals surface area contributed by atoms with Gasteiger partial charge in [-0.05, 0) is 42.7 Å². The van der Waals surface area contributed by atoms with E-state index in [1.54, 1.807) is 0 Å². The summed E-state index contributed by atoms with van der Waals surface area (Å²) in [6, 6.07) is 2.16. The van der Waals surface area contributed by atoms with Crippen LogP contribution in [0.4, 0.5) is 0 Å². The van der Waals surface area contributed by atoms with Crippen molar-refractivity contribution < 1.29 is 4.74 Å². The molecular formula is C14H20BrNO. The third kappa shape index (κ3) is 3.01. The highest BCUT2D eigenvalue weighted by molar-refractivity contribution is 9.09. The average molecular weight is 298 g/mol. The van der Waals surface area contributed by atoms with Gasteiger partial charge in [-0.25, -0.2) is 0 Å². The van der Waals surface area contributed by atoms with Crippen LogP contribution in [0, 0.1) is 0 Å². The SMILES string of the molecule is CCCOc1cncc(C2(C)CCC(Br)C2)c1. The van der Waals surface area contributed by atoms with Gasteiger partial charge in [0.1, 0.15) is 5.75 Å². The number of ether oxygens (including phenoxy) is 1. The summed E-state index contributed by atoms with van der Waals surface area (Å²) in [7, 11) is 0. The predicted octanol–water partition coefficient (Wildman–Crippen LogP) is 4.08. The molecule has 94 valence electrons. The van der Waals surface area contributed by atoms with Crippen LogP contribution in [0.3, 0.4) is 0 Å². The van der Waals surface area contributed by atoms with Gasteiger partial charge < -0.3 is 4.74 Å². The van der Waals surface area contributed by atoms with Crippen molar-refractivity contribution in [3.8, 4) is 5.75 Å². The molecule has 1 aliphatic rings. The zero-order chi connectivity index (χ0) is 12.3. The summed E-state index contributed by atoms with van der Waals surface area (Å²) in [6.45, 7) is 5.21. The zero-order valence-corrected chi connectivity index (χ0v) is 12.2. The fourth-order valence-electron chi connectivity index (χ4n) is 2.48. The first kappa shape index (κ1) is 12.9. The van der Waals surface area contributed by atoms with Crippen molar-refractivity contribution in [3.63, 3.8) is 0 Å². The van der Waals surface area contributed by atoms with Crippen LogP contribution in [0.2, 0.25) is 0 Å². The highest BCUT2D eigenvalue weighted by Crippen LogP contribution is 2.43. The van der Waals surface area contributed by atoms with Gasteiger partial charge >= 0.3 is 0 Å². The number of nitrogens with zero attached hydrogens (tertiary/aromatic N) is 1. The van der Waals surface area contributed by atoms with E-state index in [-0.39, 0.29) is 5.41 Å². The van der Waals surface area contributed by atoms with Crippen molar-refractivity contribution in [2.75, 3.05) is 6.61 Å². The van der Waals surface area contributed by atoms with Crippen LogP contribution in [-0.2, 0) is 5.41 Å². The van der Waals surface area contributed by atoms with E-state index < -0.39 is 0 Å². The van der Waals surface area contributed by atoms with E-state index in [0.29, 0.717) is 4.83 Å². The first-order valence-corrected chi connectivity index (χ1v) is 7.28. The molecule has 3 heteroatoms. The molecule has 0 saturated heterocycles. The summed E-state index contributed by atoms with van der Waals surface area (Å²) in [5.74, 6) is 0.906. The monoisotopic (exact) mass is 297 g/mol. The first-order chi connectivity index (χ1) is 8.14. The molecule has 0 N–H and O–H groups in total. The summed E-state index contributed by atoms with van der Waals surface area (Å²) in [6.07, 6.45) is 8.49. The maximum Gasteiger partial charge on any atom is 0.137 e. The molecule has 2 nitrogen and oxygen atoms in total. The fourth-order valence-corrected chi connectivity index (χ4v) is 3.42. The highest BCUT2D eigenvalue weighted by Gasteiger charge is 2.35. The van der Waals surface area contributed by atoms with Gasteiger partial charge in [0.15, 0.2) is 0 Å². The minimum Gasteiger partial charge on any atom is -0.492 e. The summed E-state index contributed by atoms with van der Waals surface area (Å²) < 4.78 is 5.65. The van der Waals surface area contributed by atoms with Crippen molar-refractivity contribution in [3.05, 3.63) is 24.0 Å². The minimum atomic E-state index is 0.257. The van der Waals surface area contributed by atoms with Crippen molar-refractivity contribution in [1.29, 1.82) is 0 Å². The molecule has 0 aromatic carbocycles. The molecule has 2 rings (SSSR count). The molecule has 1 fully saturated rings. The summed E-state index contributed by atoms with van der Waals surface area (Å²) in [5, 5.41) is 0. The summed E-state index contributed by atoms with van der Waals surface area (Å²) in [5.41, 5.74) is 1.57. The van der Waals surface area contributed by atoms with E-state index in [2.05, 4.69) is 40.8 Å². The van der Waals surface area contributed by atoms with Gasteiger partial charge in [-0.1, -0.05) is 29.8 Å². The van der Waals surface area contributed by atoms with E-state index in [0.717, 1.165) is 18.8 Å². The van der Waals surface area contributed by atoms with E-state index in [1.807, 2.05) is 12.4 Å². The molecule has 2 atom stereocenters. The lowest BCUT2D eigenvalue weighted by Crippen LogP contribution is -2.18. The molecule has 1 aromatic heterocycles. The van der Waals surface area contributed by atoms with Crippen LogP contribution in [0.1, 0.15) is 45.1 Å². The second-order valence-electron chi connectivity index (χ2n) is 5.16. The van der Waals surface area contributed by atoms with E-state index in [9.17, 15) is 0 Å². The molecule has 0 aliphatic heterocycles. The Labute approximate surface area is 112 Å². The van der Waals surface area contributed by atoms with Crippen molar-refractivity contribution in [2.24, 2.45) is 0 Å². The Morgan fingerprint density at radius 2 is 2.35 bits per heavy atom.